The van der Waals surface area contributed by atoms with Gasteiger partial charge in [-0.05, 0) is 12.5 Å². The van der Waals surface area contributed by atoms with Crippen LogP contribution in [0, 0.1) is 0 Å². The lowest BCUT2D eigenvalue weighted by Crippen LogP contribution is -2.44. The Labute approximate surface area is 112 Å². The first-order valence-corrected chi connectivity index (χ1v) is 6.88. The molecule has 2 aliphatic heterocycles. The number of halogens is 1. The van der Waals surface area contributed by atoms with Crippen LogP contribution in [0.2, 0.25) is 5.02 Å². The number of hydrogen-bond acceptors (Lipinski definition) is 4. The fourth-order valence-corrected chi connectivity index (χ4v) is 3.06. The van der Waals surface area contributed by atoms with Crippen molar-refractivity contribution in [2.75, 3.05) is 44.3 Å². The maximum Gasteiger partial charge on any atom is 0.0822 e. The molecule has 1 atom stereocenters. The Kier molecular flexibility index (Phi) is 3.68. The first kappa shape index (κ1) is 12.2. The van der Waals surface area contributed by atoms with E-state index in [9.17, 15) is 0 Å². The lowest BCUT2D eigenvalue weighted by molar-refractivity contribution is 0.0209. The maximum absolute atomic E-state index is 6.20. The SMILES string of the molecule is Clc1cnccc1N1CCC(N2CCOCC2)C1. The minimum absolute atomic E-state index is 0.637. The summed E-state index contributed by atoms with van der Waals surface area (Å²) >= 11 is 6.20. The zero-order chi connectivity index (χ0) is 12.4. The average molecular weight is 268 g/mol. The molecule has 98 valence electrons. The van der Waals surface area contributed by atoms with E-state index in [0.717, 1.165) is 50.1 Å². The molecule has 0 aliphatic carbocycles. The van der Waals surface area contributed by atoms with Crippen molar-refractivity contribution in [1.29, 1.82) is 0 Å². The van der Waals surface area contributed by atoms with Crippen molar-refractivity contribution in [3.8, 4) is 0 Å². The Hall–Kier alpha value is -0.840. The van der Waals surface area contributed by atoms with E-state index in [2.05, 4.69) is 14.8 Å². The zero-order valence-electron chi connectivity index (χ0n) is 10.4. The summed E-state index contributed by atoms with van der Waals surface area (Å²) in [5.74, 6) is 0. The number of anilines is 1. The molecular weight excluding hydrogens is 250 g/mol. The molecule has 5 heteroatoms. The smallest absolute Gasteiger partial charge is 0.0822 e. The highest BCUT2D eigenvalue weighted by molar-refractivity contribution is 6.33. The molecule has 0 radical (unpaired) electrons. The summed E-state index contributed by atoms with van der Waals surface area (Å²) in [5.41, 5.74) is 1.11. The van der Waals surface area contributed by atoms with Crippen molar-refractivity contribution in [2.24, 2.45) is 0 Å². The van der Waals surface area contributed by atoms with Crippen LogP contribution in [0.4, 0.5) is 5.69 Å². The average Bonchev–Trinajstić information content (AvgIpc) is 2.90. The van der Waals surface area contributed by atoms with E-state index in [1.807, 2.05) is 12.3 Å². The highest BCUT2D eigenvalue weighted by Gasteiger charge is 2.29. The van der Waals surface area contributed by atoms with Crippen molar-refractivity contribution >= 4 is 17.3 Å². The minimum atomic E-state index is 0.637. The maximum atomic E-state index is 6.20. The number of rotatable bonds is 2. The van der Waals surface area contributed by atoms with Gasteiger partial charge in [-0.25, -0.2) is 0 Å². The number of aromatic nitrogens is 1. The second-order valence-corrected chi connectivity index (χ2v) is 5.27. The number of nitrogens with zero attached hydrogens (tertiary/aromatic N) is 3. The summed E-state index contributed by atoms with van der Waals surface area (Å²) in [6, 6.07) is 2.64. The van der Waals surface area contributed by atoms with Crippen LogP contribution in [-0.4, -0.2) is 55.3 Å². The molecule has 0 aromatic carbocycles. The van der Waals surface area contributed by atoms with Crippen LogP contribution in [0.15, 0.2) is 18.5 Å². The molecule has 2 fully saturated rings. The molecule has 3 heterocycles. The summed E-state index contributed by atoms with van der Waals surface area (Å²) in [7, 11) is 0. The molecule has 0 bridgehead atoms. The zero-order valence-corrected chi connectivity index (χ0v) is 11.1. The molecule has 1 aromatic rings. The Morgan fingerprint density at radius 3 is 2.89 bits per heavy atom. The number of pyridine rings is 1. The van der Waals surface area contributed by atoms with Crippen LogP contribution in [0.5, 0.6) is 0 Å². The Morgan fingerprint density at radius 2 is 2.11 bits per heavy atom. The Bertz CT molecular complexity index is 409. The molecule has 0 spiro atoms. The van der Waals surface area contributed by atoms with Crippen LogP contribution in [0.1, 0.15) is 6.42 Å². The second-order valence-electron chi connectivity index (χ2n) is 4.86. The van der Waals surface area contributed by atoms with Gasteiger partial charge in [-0.3, -0.25) is 9.88 Å². The van der Waals surface area contributed by atoms with Crippen LogP contribution in [0.25, 0.3) is 0 Å². The molecule has 0 N–H and O–H groups in total. The number of ether oxygens (including phenoxy) is 1. The number of hydrogen-bond donors (Lipinski definition) is 0. The summed E-state index contributed by atoms with van der Waals surface area (Å²) in [4.78, 5) is 8.95. The van der Waals surface area contributed by atoms with E-state index >= 15 is 0 Å². The minimum Gasteiger partial charge on any atom is -0.379 e. The van der Waals surface area contributed by atoms with Crippen LogP contribution in [-0.2, 0) is 4.74 Å². The van der Waals surface area contributed by atoms with Gasteiger partial charge in [0.1, 0.15) is 0 Å². The van der Waals surface area contributed by atoms with Gasteiger partial charge in [-0.2, -0.15) is 0 Å². The lowest BCUT2D eigenvalue weighted by atomic mass is 10.2. The van der Waals surface area contributed by atoms with Gasteiger partial charge in [0.2, 0.25) is 0 Å². The third-order valence-electron chi connectivity index (χ3n) is 3.82. The largest absolute Gasteiger partial charge is 0.379 e. The highest BCUT2D eigenvalue weighted by Crippen LogP contribution is 2.29. The normalized spacial score (nSPS) is 25.6. The molecule has 1 aromatic heterocycles. The van der Waals surface area contributed by atoms with Crippen LogP contribution < -0.4 is 4.90 Å². The van der Waals surface area contributed by atoms with Gasteiger partial charge in [0.25, 0.3) is 0 Å². The predicted octanol–water partition coefficient (Wildman–Crippen LogP) is 1.65. The third kappa shape index (κ3) is 2.46. The summed E-state index contributed by atoms with van der Waals surface area (Å²) in [6.07, 6.45) is 4.74. The Morgan fingerprint density at radius 1 is 1.28 bits per heavy atom. The van der Waals surface area contributed by atoms with Crippen molar-refractivity contribution < 1.29 is 4.74 Å². The van der Waals surface area contributed by atoms with E-state index in [0.29, 0.717) is 6.04 Å². The quantitative estimate of drug-likeness (QED) is 0.815. The summed E-state index contributed by atoms with van der Waals surface area (Å²) < 4.78 is 5.41. The fourth-order valence-electron chi connectivity index (χ4n) is 2.83. The van der Waals surface area contributed by atoms with Crippen molar-refractivity contribution in [2.45, 2.75) is 12.5 Å². The van der Waals surface area contributed by atoms with Gasteiger partial charge in [-0.15, -0.1) is 0 Å². The molecular formula is C13H18ClN3O. The van der Waals surface area contributed by atoms with E-state index in [1.165, 1.54) is 6.42 Å². The van der Waals surface area contributed by atoms with E-state index in [4.69, 9.17) is 16.3 Å². The molecule has 3 rings (SSSR count). The molecule has 18 heavy (non-hydrogen) atoms. The van der Waals surface area contributed by atoms with Crippen molar-refractivity contribution in [3.05, 3.63) is 23.5 Å². The van der Waals surface area contributed by atoms with Crippen LogP contribution >= 0.6 is 11.6 Å². The first-order valence-electron chi connectivity index (χ1n) is 6.51. The van der Waals surface area contributed by atoms with Gasteiger partial charge >= 0.3 is 0 Å². The highest BCUT2D eigenvalue weighted by atomic mass is 35.5. The Balaban J connectivity index is 1.66. The van der Waals surface area contributed by atoms with Gasteiger partial charge in [0.05, 0.1) is 23.9 Å². The van der Waals surface area contributed by atoms with Crippen molar-refractivity contribution in [1.82, 2.24) is 9.88 Å². The van der Waals surface area contributed by atoms with E-state index < -0.39 is 0 Å². The van der Waals surface area contributed by atoms with Gasteiger partial charge < -0.3 is 9.64 Å². The number of morpholine rings is 1. The molecule has 4 nitrogen and oxygen atoms in total. The van der Waals surface area contributed by atoms with Gasteiger partial charge in [0, 0.05) is 44.6 Å². The van der Waals surface area contributed by atoms with E-state index in [1.54, 1.807) is 6.20 Å². The monoisotopic (exact) mass is 267 g/mol. The summed E-state index contributed by atoms with van der Waals surface area (Å²) in [5, 5.41) is 0.750. The molecule has 2 saturated heterocycles. The van der Waals surface area contributed by atoms with Gasteiger partial charge in [0.15, 0.2) is 0 Å². The lowest BCUT2D eigenvalue weighted by Gasteiger charge is -2.32. The van der Waals surface area contributed by atoms with E-state index in [-0.39, 0.29) is 0 Å². The molecule has 1 unspecified atom stereocenters. The van der Waals surface area contributed by atoms with Gasteiger partial charge in [-0.1, -0.05) is 11.6 Å². The fraction of sp³-hybridized carbons (Fsp3) is 0.615. The molecule has 2 aliphatic rings. The third-order valence-corrected chi connectivity index (χ3v) is 4.11. The van der Waals surface area contributed by atoms with Crippen LogP contribution in [0.3, 0.4) is 0 Å². The molecule has 0 amide bonds. The molecule has 0 saturated carbocycles. The topological polar surface area (TPSA) is 28.6 Å². The predicted molar refractivity (Wildman–Crippen MR) is 72.3 cm³/mol. The van der Waals surface area contributed by atoms with Crippen molar-refractivity contribution in [3.63, 3.8) is 0 Å². The second kappa shape index (κ2) is 5.43. The standard InChI is InChI=1S/C13H18ClN3O/c14-12-9-15-3-1-13(12)17-4-2-11(10-17)16-5-7-18-8-6-16/h1,3,9,11H,2,4-8,10H2. The summed E-state index contributed by atoms with van der Waals surface area (Å²) in [6.45, 7) is 5.99. The first-order chi connectivity index (χ1) is 8.84.